The van der Waals surface area contributed by atoms with Crippen LogP contribution in [0.2, 0.25) is 5.02 Å². The summed E-state index contributed by atoms with van der Waals surface area (Å²) in [7, 11) is 0. The highest BCUT2D eigenvalue weighted by atomic mass is 35.5. The van der Waals surface area contributed by atoms with Gasteiger partial charge in [-0.25, -0.2) is 0 Å². The van der Waals surface area contributed by atoms with Gasteiger partial charge < -0.3 is 4.74 Å². The van der Waals surface area contributed by atoms with E-state index in [1.807, 2.05) is 30.3 Å². The Balaban J connectivity index is 1.79. The lowest BCUT2D eigenvalue weighted by molar-refractivity contribution is 0.486. The normalized spacial score (nSPS) is 11.5. The van der Waals surface area contributed by atoms with Crippen LogP contribution >= 0.6 is 11.6 Å². The molecule has 6 rings (SSSR count). The molecule has 0 fully saturated rings. The second-order valence-corrected chi connectivity index (χ2v) is 8.31. The molecule has 0 saturated carbocycles. The minimum absolute atomic E-state index is 0.682. The maximum absolute atomic E-state index is 6.58. The largest absolute Gasteiger partial charge is 0.456 e. The molecule has 0 unspecified atom stereocenters. The molecule has 2 heteroatoms. The Labute approximate surface area is 192 Å². The van der Waals surface area contributed by atoms with Crippen molar-refractivity contribution in [3.05, 3.63) is 120 Å². The average molecular weight is 431 g/mol. The number of benzene rings is 5. The molecule has 32 heavy (non-hydrogen) atoms. The van der Waals surface area contributed by atoms with Crippen molar-refractivity contribution >= 4 is 11.6 Å². The van der Waals surface area contributed by atoms with E-state index in [1.54, 1.807) is 0 Å². The van der Waals surface area contributed by atoms with Crippen molar-refractivity contribution in [2.45, 2.75) is 0 Å². The fraction of sp³-hybridized carbons (Fsp3) is 0. The van der Waals surface area contributed by atoms with Gasteiger partial charge >= 0.3 is 0 Å². The molecule has 0 bridgehead atoms. The summed E-state index contributed by atoms with van der Waals surface area (Å²) in [5.41, 5.74) is 8.97. The topological polar surface area (TPSA) is 9.23 Å². The summed E-state index contributed by atoms with van der Waals surface area (Å²) in [6.07, 6.45) is 0. The maximum Gasteiger partial charge on any atom is 0.135 e. The first kappa shape index (κ1) is 18.9. The predicted octanol–water partition coefficient (Wildman–Crippen LogP) is 9.11. The quantitative estimate of drug-likeness (QED) is 0.233. The summed E-state index contributed by atoms with van der Waals surface area (Å²) in [5, 5.41) is 0.682. The van der Waals surface area contributed by atoms with Crippen molar-refractivity contribution in [3.8, 4) is 56.0 Å². The molecule has 0 atom stereocenters. The van der Waals surface area contributed by atoms with Crippen LogP contribution in [0.25, 0.3) is 44.5 Å². The van der Waals surface area contributed by atoms with Gasteiger partial charge in [0, 0.05) is 16.1 Å². The van der Waals surface area contributed by atoms with Crippen molar-refractivity contribution in [3.63, 3.8) is 0 Å². The Bertz CT molecular complexity index is 1470. The molecule has 1 heterocycles. The monoisotopic (exact) mass is 430 g/mol. The van der Waals surface area contributed by atoms with E-state index in [1.165, 1.54) is 16.7 Å². The van der Waals surface area contributed by atoms with E-state index >= 15 is 0 Å². The Morgan fingerprint density at radius 2 is 0.750 bits per heavy atom. The Kier molecular flexibility index (Phi) is 4.56. The van der Waals surface area contributed by atoms with Crippen LogP contribution in [0.3, 0.4) is 0 Å². The van der Waals surface area contributed by atoms with E-state index in [4.69, 9.17) is 16.3 Å². The summed E-state index contributed by atoms with van der Waals surface area (Å²) < 4.78 is 6.58. The highest BCUT2D eigenvalue weighted by Crippen LogP contribution is 2.47. The second-order valence-electron chi connectivity index (χ2n) is 7.88. The summed E-state index contributed by atoms with van der Waals surface area (Å²) in [4.78, 5) is 0. The molecule has 0 saturated heterocycles. The standard InChI is InChI=1S/C30H19ClO/c31-20-17-18-30-28(19-20)26-14-6-4-12-24(26)22-10-2-1-9-21(22)23-11-3-5-13-25(23)27-15-7-8-16-29(27)32-30/h1-19H. The molecule has 1 nitrogen and oxygen atoms in total. The van der Waals surface area contributed by atoms with Gasteiger partial charge in [0.25, 0.3) is 0 Å². The first-order chi connectivity index (χ1) is 15.8. The zero-order valence-electron chi connectivity index (χ0n) is 17.3. The summed E-state index contributed by atoms with van der Waals surface area (Å²) in [6.45, 7) is 0. The number of para-hydroxylation sites is 1. The van der Waals surface area contributed by atoms with Gasteiger partial charge in [-0.2, -0.15) is 0 Å². The number of hydrogen-bond donors (Lipinski definition) is 0. The molecule has 0 radical (unpaired) electrons. The van der Waals surface area contributed by atoms with E-state index < -0.39 is 0 Å². The molecule has 152 valence electrons. The van der Waals surface area contributed by atoms with Crippen LogP contribution in [0, 0.1) is 0 Å². The molecule has 0 aliphatic carbocycles. The summed E-state index contributed by atoms with van der Waals surface area (Å²) in [6, 6.07) is 39.6. The third kappa shape index (κ3) is 3.10. The molecular weight excluding hydrogens is 412 g/mol. The number of rotatable bonds is 0. The van der Waals surface area contributed by atoms with E-state index in [-0.39, 0.29) is 0 Å². The van der Waals surface area contributed by atoms with Gasteiger partial charge in [0.05, 0.1) is 0 Å². The molecule has 0 spiro atoms. The third-order valence-electron chi connectivity index (χ3n) is 5.99. The van der Waals surface area contributed by atoms with Gasteiger partial charge in [-0.3, -0.25) is 0 Å². The van der Waals surface area contributed by atoms with Crippen molar-refractivity contribution in [1.82, 2.24) is 0 Å². The summed E-state index contributed by atoms with van der Waals surface area (Å²) >= 11 is 6.46. The molecule has 0 N–H and O–H groups in total. The highest BCUT2D eigenvalue weighted by molar-refractivity contribution is 6.31. The van der Waals surface area contributed by atoms with E-state index in [2.05, 4.69) is 84.9 Å². The lowest BCUT2D eigenvalue weighted by Gasteiger charge is -2.16. The van der Waals surface area contributed by atoms with Crippen LogP contribution in [0.15, 0.2) is 115 Å². The Hall–Kier alpha value is -3.81. The zero-order valence-corrected chi connectivity index (χ0v) is 18.0. The van der Waals surface area contributed by atoms with Crippen LogP contribution in [-0.2, 0) is 0 Å². The summed E-state index contributed by atoms with van der Waals surface area (Å²) in [5.74, 6) is 1.60. The smallest absolute Gasteiger partial charge is 0.135 e. The van der Waals surface area contributed by atoms with Gasteiger partial charge in [0.1, 0.15) is 11.5 Å². The average Bonchev–Trinajstić information content (AvgIpc) is 2.86. The van der Waals surface area contributed by atoms with E-state index in [0.29, 0.717) is 5.02 Å². The first-order valence-electron chi connectivity index (χ1n) is 10.6. The van der Waals surface area contributed by atoms with Crippen molar-refractivity contribution in [1.29, 1.82) is 0 Å². The van der Waals surface area contributed by atoms with Gasteiger partial charge in [0.2, 0.25) is 0 Å². The molecule has 0 aromatic heterocycles. The molecule has 0 amide bonds. The van der Waals surface area contributed by atoms with Gasteiger partial charge in [0.15, 0.2) is 0 Å². The molecule has 1 aliphatic heterocycles. The molecule has 5 aromatic rings. The Morgan fingerprint density at radius 3 is 1.28 bits per heavy atom. The third-order valence-corrected chi connectivity index (χ3v) is 6.23. The first-order valence-corrected chi connectivity index (χ1v) is 11.0. The van der Waals surface area contributed by atoms with Gasteiger partial charge in [-0.1, -0.05) is 103 Å². The van der Waals surface area contributed by atoms with Crippen LogP contribution in [0.1, 0.15) is 0 Å². The van der Waals surface area contributed by atoms with Crippen LogP contribution in [0.5, 0.6) is 11.5 Å². The lowest BCUT2D eigenvalue weighted by atomic mass is 9.87. The number of fused-ring (bicyclic) bond motifs is 9. The van der Waals surface area contributed by atoms with Crippen LogP contribution < -0.4 is 4.74 Å². The molecule has 1 aliphatic rings. The maximum atomic E-state index is 6.58. The minimum atomic E-state index is 0.682. The zero-order chi connectivity index (χ0) is 21.5. The van der Waals surface area contributed by atoms with E-state index in [0.717, 1.165) is 39.3 Å². The minimum Gasteiger partial charge on any atom is -0.456 e. The number of ether oxygens (including phenoxy) is 1. The van der Waals surface area contributed by atoms with E-state index in [9.17, 15) is 0 Å². The van der Waals surface area contributed by atoms with Crippen molar-refractivity contribution in [2.75, 3.05) is 0 Å². The van der Waals surface area contributed by atoms with Crippen LogP contribution in [-0.4, -0.2) is 0 Å². The van der Waals surface area contributed by atoms with Gasteiger partial charge in [-0.15, -0.1) is 0 Å². The highest BCUT2D eigenvalue weighted by Gasteiger charge is 2.20. The fourth-order valence-corrected chi connectivity index (χ4v) is 4.73. The number of hydrogen-bond acceptors (Lipinski definition) is 1. The Morgan fingerprint density at radius 1 is 0.375 bits per heavy atom. The fourth-order valence-electron chi connectivity index (χ4n) is 4.56. The van der Waals surface area contributed by atoms with Crippen LogP contribution in [0.4, 0.5) is 0 Å². The predicted molar refractivity (Wildman–Crippen MR) is 133 cm³/mol. The molecular formula is C30H19ClO. The van der Waals surface area contributed by atoms with Crippen molar-refractivity contribution < 1.29 is 4.74 Å². The SMILES string of the molecule is Clc1ccc2c(c1)-c1ccccc1-c1ccccc1-c1ccccc1-c1ccccc1O2. The van der Waals surface area contributed by atoms with Gasteiger partial charge in [-0.05, 0) is 57.6 Å². The number of halogens is 1. The van der Waals surface area contributed by atoms with Crippen molar-refractivity contribution in [2.24, 2.45) is 0 Å². The molecule has 5 aromatic carbocycles. The second kappa shape index (κ2) is 7.71. The lowest BCUT2D eigenvalue weighted by Crippen LogP contribution is -1.92.